The van der Waals surface area contributed by atoms with E-state index >= 15 is 0 Å². The lowest BCUT2D eigenvalue weighted by atomic mass is 9.96. The lowest BCUT2D eigenvalue weighted by molar-refractivity contribution is -0.121. The average molecular weight is 284 g/mol. The molecule has 2 atom stereocenters. The number of para-hydroxylation sites is 1. The van der Waals surface area contributed by atoms with Gasteiger partial charge in [0, 0.05) is 12.2 Å². The van der Waals surface area contributed by atoms with Crippen LogP contribution in [0.2, 0.25) is 0 Å². The maximum Gasteiger partial charge on any atom is 0.251 e. The van der Waals surface area contributed by atoms with Crippen molar-refractivity contribution in [2.24, 2.45) is 0 Å². The first-order valence-electron chi connectivity index (χ1n) is 7.43. The molecule has 2 aromatic rings. The maximum absolute atomic E-state index is 12.9. The van der Waals surface area contributed by atoms with E-state index in [-0.39, 0.29) is 11.9 Å². The van der Waals surface area contributed by atoms with Gasteiger partial charge in [0.1, 0.15) is 18.7 Å². The molecule has 1 aromatic carbocycles. The van der Waals surface area contributed by atoms with E-state index in [1.54, 1.807) is 11.0 Å². The van der Waals surface area contributed by atoms with Crippen molar-refractivity contribution in [3.05, 3.63) is 42.5 Å². The highest BCUT2D eigenvalue weighted by atomic mass is 16.2. The fourth-order valence-corrected chi connectivity index (χ4v) is 2.97. The van der Waals surface area contributed by atoms with Gasteiger partial charge in [-0.1, -0.05) is 25.1 Å². The molecule has 1 amide bonds. The van der Waals surface area contributed by atoms with Gasteiger partial charge in [-0.2, -0.15) is 5.10 Å². The number of hydrogen-bond donors (Lipinski definition) is 0. The van der Waals surface area contributed by atoms with E-state index in [0.29, 0.717) is 5.92 Å². The van der Waals surface area contributed by atoms with Crippen molar-refractivity contribution < 1.29 is 4.79 Å². The summed E-state index contributed by atoms with van der Waals surface area (Å²) in [6, 6.07) is 7.88. The zero-order valence-corrected chi connectivity index (χ0v) is 12.4. The molecule has 5 nitrogen and oxygen atoms in total. The van der Waals surface area contributed by atoms with E-state index in [1.165, 1.54) is 11.9 Å². The molecule has 0 spiro atoms. The first-order valence-corrected chi connectivity index (χ1v) is 7.43. The van der Waals surface area contributed by atoms with Gasteiger partial charge < -0.3 is 4.90 Å². The van der Waals surface area contributed by atoms with Crippen molar-refractivity contribution >= 4 is 11.6 Å². The Bertz CT molecular complexity index is 623. The predicted molar refractivity (Wildman–Crippen MR) is 81.2 cm³/mol. The zero-order valence-electron chi connectivity index (χ0n) is 12.4. The minimum absolute atomic E-state index is 0.0713. The van der Waals surface area contributed by atoms with E-state index < -0.39 is 0 Å². The van der Waals surface area contributed by atoms with Gasteiger partial charge >= 0.3 is 0 Å². The summed E-state index contributed by atoms with van der Waals surface area (Å²) >= 11 is 0. The molecule has 0 unspecified atom stereocenters. The summed E-state index contributed by atoms with van der Waals surface area (Å²) in [5.74, 6) is 0.558. The molecule has 0 fully saturated rings. The Morgan fingerprint density at radius 3 is 2.95 bits per heavy atom. The van der Waals surface area contributed by atoms with Crippen molar-refractivity contribution in [2.45, 2.75) is 38.6 Å². The topological polar surface area (TPSA) is 51.0 Å². The van der Waals surface area contributed by atoms with E-state index in [1.807, 2.05) is 30.0 Å². The lowest BCUT2D eigenvalue weighted by Gasteiger charge is -2.26. The zero-order chi connectivity index (χ0) is 14.8. The van der Waals surface area contributed by atoms with Gasteiger partial charge in [-0.05, 0) is 37.3 Å². The second-order valence-corrected chi connectivity index (χ2v) is 5.64. The fraction of sp³-hybridized carbons (Fsp3) is 0.438. The lowest BCUT2D eigenvalue weighted by Crippen LogP contribution is -2.37. The van der Waals surface area contributed by atoms with Crippen LogP contribution in [0, 0.1) is 0 Å². The van der Waals surface area contributed by atoms with Crippen LogP contribution in [-0.4, -0.2) is 27.2 Å². The predicted octanol–water partition coefficient (Wildman–Crippen LogP) is 2.77. The van der Waals surface area contributed by atoms with Crippen molar-refractivity contribution in [3.8, 4) is 0 Å². The van der Waals surface area contributed by atoms with E-state index in [0.717, 1.165) is 25.1 Å². The van der Waals surface area contributed by atoms with E-state index in [4.69, 9.17) is 0 Å². The first-order chi connectivity index (χ1) is 10.2. The molecule has 0 aliphatic carbocycles. The Kier molecular flexibility index (Phi) is 3.73. The molecule has 21 heavy (non-hydrogen) atoms. The molecule has 0 radical (unpaired) electrons. The third-order valence-corrected chi connectivity index (χ3v) is 4.23. The van der Waals surface area contributed by atoms with Gasteiger partial charge in [-0.3, -0.25) is 4.79 Å². The largest absolute Gasteiger partial charge is 0.310 e. The van der Waals surface area contributed by atoms with Crippen molar-refractivity contribution in [3.63, 3.8) is 0 Å². The molecule has 2 heterocycles. The van der Waals surface area contributed by atoms with Crippen LogP contribution in [0.25, 0.3) is 0 Å². The molecule has 5 heteroatoms. The van der Waals surface area contributed by atoms with Crippen molar-refractivity contribution in [2.75, 3.05) is 11.4 Å². The summed E-state index contributed by atoms with van der Waals surface area (Å²) in [5, 5.41) is 4.08. The van der Waals surface area contributed by atoms with Crippen LogP contribution in [-0.2, 0) is 4.79 Å². The van der Waals surface area contributed by atoms with Gasteiger partial charge in [-0.25, -0.2) is 9.67 Å². The van der Waals surface area contributed by atoms with Gasteiger partial charge in [0.15, 0.2) is 0 Å². The van der Waals surface area contributed by atoms with Crippen molar-refractivity contribution in [1.82, 2.24) is 14.8 Å². The number of carbonyl (C=O) groups excluding carboxylic acids is 1. The second kappa shape index (κ2) is 5.68. The fourth-order valence-electron chi connectivity index (χ4n) is 2.97. The van der Waals surface area contributed by atoms with E-state index in [2.05, 4.69) is 23.1 Å². The average Bonchev–Trinajstić information content (AvgIpc) is 2.99. The van der Waals surface area contributed by atoms with Crippen LogP contribution in [0.1, 0.15) is 44.2 Å². The summed E-state index contributed by atoms with van der Waals surface area (Å²) in [6.45, 7) is 4.86. The number of rotatable bonds is 2. The number of aromatic nitrogens is 3. The number of hydrogen-bond acceptors (Lipinski definition) is 3. The molecular weight excluding hydrogens is 264 g/mol. The molecule has 0 saturated carbocycles. The van der Waals surface area contributed by atoms with Crippen LogP contribution in [0.3, 0.4) is 0 Å². The minimum Gasteiger partial charge on any atom is -0.310 e. The van der Waals surface area contributed by atoms with Gasteiger partial charge in [-0.15, -0.1) is 0 Å². The minimum atomic E-state index is -0.339. The number of fused-ring (bicyclic) bond motifs is 1. The Hall–Kier alpha value is -2.17. The molecule has 0 saturated heterocycles. The molecule has 0 N–H and O–H groups in total. The summed E-state index contributed by atoms with van der Waals surface area (Å²) in [7, 11) is 0. The molecule has 0 bridgehead atoms. The third-order valence-electron chi connectivity index (χ3n) is 4.23. The molecule has 1 aliphatic heterocycles. The molecule has 3 rings (SSSR count). The highest BCUT2D eigenvalue weighted by Crippen LogP contribution is 2.34. The summed E-state index contributed by atoms with van der Waals surface area (Å²) in [4.78, 5) is 18.7. The summed E-state index contributed by atoms with van der Waals surface area (Å²) in [5.41, 5.74) is 2.30. The van der Waals surface area contributed by atoms with Crippen LogP contribution < -0.4 is 4.90 Å². The maximum atomic E-state index is 12.9. The van der Waals surface area contributed by atoms with Crippen LogP contribution in [0.5, 0.6) is 0 Å². The first kappa shape index (κ1) is 13.8. The highest BCUT2D eigenvalue weighted by molar-refractivity contribution is 5.96. The number of amides is 1. The number of nitrogens with zero attached hydrogens (tertiary/aromatic N) is 4. The van der Waals surface area contributed by atoms with E-state index in [9.17, 15) is 4.79 Å². The normalized spacial score (nSPS) is 19.7. The molecular formula is C16H20N4O. The van der Waals surface area contributed by atoms with Gasteiger partial charge in [0.25, 0.3) is 5.91 Å². The summed E-state index contributed by atoms with van der Waals surface area (Å²) < 4.78 is 1.61. The monoisotopic (exact) mass is 284 g/mol. The smallest absolute Gasteiger partial charge is 0.251 e. The van der Waals surface area contributed by atoms with Crippen LogP contribution in [0.4, 0.5) is 5.69 Å². The van der Waals surface area contributed by atoms with Crippen LogP contribution >= 0.6 is 0 Å². The number of benzene rings is 1. The van der Waals surface area contributed by atoms with Gasteiger partial charge in [0.05, 0.1) is 0 Å². The second-order valence-electron chi connectivity index (χ2n) is 5.64. The van der Waals surface area contributed by atoms with Gasteiger partial charge in [0.2, 0.25) is 0 Å². The standard InChI is InChI=1S/C16H20N4O/c1-12-6-5-9-19(15-8-4-3-7-14(12)15)16(21)13(2)20-11-17-10-18-20/h3-4,7-8,10-13H,5-6,9H2,1-2H3/t12-,13-/m0/s1. The Morgan fingerprint density at radius 1 is 1.38 bits per heavy atom. The highest BCUT2D eigenvalue weighted by Gasteiger charge is 2.28. The third kappa shape index (κ3) is 2.55. The number of anilines is 1. The Labute approximate surface area is 124 Å². The number of carbonyl (C=O) groups is 1. The molecule has 1 aromatic heterocycles. The molecule has 110 valence electrons. The Morgan fingerprint density at radius 2 is 2.19 bits per heavy atom. The van der Waals surface area contributed by atoms with Crippen LogP contribution in [0.15, 0.2) is 36.9 Å². The SMILES string of the molecule is C[C@H]1CCCN(C(=O)[C@H](C)n2cncn2)c2ccccc21. The quantitative estimate of drug-likeness (QED) is 0.852. The molecule has 1 aliphatic rings. The van der Waals surface area contributed by atoms with Crippen molar-refractivity contribution in [1.29, 1.82) is 0 Å². The summed E-state index contributed by atoms with van der Waals surface area (Å²) in [6.07, 6.45) is 5.18. The Balaban J connectivity index is 1.94.